The molecule has 0 heterocycles. The predicted octanol–water partition coefficient (Wildman–Crippen LogP) is 6.17. The van der Waals surface area contributed by atoms with Crippen LogP contribution in [-0.4, -0.2) is 47.6 Å². The van der Waals surface area contributed by atoms with E-state index in [1.165, 1.54) is 0 Å². The molecule has 1 saturated carbocycles. The highest BCUT2D eigenvalue weighted by atomic mass is 16.6. The third-order valence-corrected chi connectivity index (χ3v) is 6.99. The molecule has 0 radical (unpaired) electrons. The van der Waals surface area contributed by atoms with Gasteiger partial charge in [-0.05, 0) is 94.7 Å². The molecule has 40 heavy (non-hydrogen) atoms. The molecule has 1 aliphatic rings. The van der Waals surface area contributed by atoms with E-state index in [0.29, 0.717) is 17.9 Å². The van der Waals surface area contributed by atoms with Crippen LogP contribution in [0, 0.1) is 25.7 Å². The highest BCUT2D eigenvalue weighted by Gasteiger charge is 2.48. The number of carbonyl (C=O) groups excluding carboxylic acids is 3. The number of anilines is 1. The van der Waals surface area contributed by atoms with Crippen LogP contribution in [0.15, 0.2) is 42.5 Å². The van der Waals surface area contributed by atoms with E-state index in [4.69, 9.17) is 9.47 Å². The van der Waals surface area contributed by atoms with E-state index in [9.17, 15) is 14.4 Å². The van der Waals surface area contributed by atoms with Crippen LogP contribution >= 0.6 is 0 Å². The number of hydrogen-bond acceptors (Lipinski definition) is 5. The third-order valence-electron chi connectivity index (χ3n) is 6.99. The summed E-state index contributed by atoms with van der Waals surface area (Å²) in [6.07, 6.45) is 0.542. The number of ether oxygens (including phenoxy) is 2. The molecule has 8 nitrogen and oxygen atoms in total. The summed E-state index contributed by atoms with van der Waals surface area (Å²) in [4.78, 5) is 43.0. The summed E-state index contributed by atoms with van der Waals surface area (Å²) in [5.74, 6) is 0.426. The summed E-state index contributed by atoms with van der Waals surface area (Å²) in [5.41, 5.74) is 2.55. The van der Waals surface area contributed by atoms with Crippen molar-refractivity contribution in [3.8, 4) is 5.75 Å². The molecular weight excluding hydrogens is 506 g/mol. The first-order valence-electron chi connectivity index (χ1n) is 14.0. The van der Waals surface area contributed by atoms with Crippen molar-refractivity contribution < 1.29 is 23.9 Å². The Morgan fingerprint density at radius 1 is 1.05 bits per heavy atom. The van der Waals surface area contributed by atoms with Gasteiger partial charge in [-0.2, -0.15) is 0 Å². The van der Waals surface area contributed by atoms with Crippen molar-refractivity contribution in [3.63, 3.8) is 0 Å². The fraction of sp³-hybridized carbons (Fsp3) is 0.531. The molecule has 0 bridgehead atoms. The van der Waals surface area contributed by atoms with Crippen LogP contribution in [-0.2, 0) is 14.3 Å². The Balaban J connectivity index is 2.05. The topological polar surface area (TPSA) is 97.0 Å². The Morgan fingerprint density at radius 3 is 2.20 bits per heavy atom. The summed E-state index contributed by atoms with van der Waals surface area (Å²) < 4.78 is 10.7. The van der Waals surface area contributed by atoms with Gasteiger partial charge in [0.25, 0.3) is 5.91 Å². The number of methoxy groups -OCH3 is 1. The van der Waals surface area contributed by atoms with Crippen molar-refractivity contribution in [1.82, 2.24) is 10.2 Å². The van der Waals surface area contributed by atoms with Gasteiger partial charge in [0.05, 0.1) is 7.11 Å². The summed E-state index contributed by atoms with van der Waals surface area (Å²) in [7, 11) is 1.59. The quantitative estimate of drug-likeness (QED) is 0.368. The third kappa shape index (κ3) is 8.23. The van der Waals surface area contributed by atoms with E-state index in [1.54, 1.807) is 57.0 Å². The molecule has 8 heteroatoms. The SMILES string of the molecule is COc1ccc(NC(=O)C(c2cc(C)ccc2C)N(C(=O)C(CC(C)C)NC(=O)OC(C)(C)C)C2CC2C)cc1. The summed E-state index contributed by atoms with van der Waals surface area (Å²) in [5, 5.41) is 5.84. The van der Waals surface area contributed by atoms with Crippen LogP contribution < -0.4 is 15.4 Å². The Morgan fingerprint density at radius 2 is 1.68 bits per heavy atom. The number of nitrogens with one attached hydrogen (secondary N) is 2. The van der Waals surface area contributed by atoms with E-state index >= 15 is 0 Å². The summed E-state index contributed by atoms with van der Waals surface area (Å²) >= 11 is 0. The van der Waals surface area contributed by atoms with Crippen molar-refractivity contribution in [2.24, 2.45) is 11.8 Å². The second-order valence-corrected chi connectivity index (χ2v) is 12.3. The summed E-state index contributed by atoms with van der Waals surface area (Å²) in [6, 6.07) is 11.2. The highest BCUT2D eigenvalue weighted by Crippen LogP contribution is 2.42. The first kappa shape index (κ1) is 31.0. The van der Waals surface area contributed by atoms with Gasteiger partial charge < -0.3 is 25.0 Å². The zero-order chi connectivity index (χ0) is 29.8. The molecule has 2 N–H and O–H groups in total. The van der Waals surface area contributed by atoms with Gasteiger partial charge in [0.15, 0.2) is 0 Å². The van der Waals surface area contributed by atoms with Gasteiger partial charge in [0.2, 0.25) is 5.91 Å². The molecule has 2 aromatic carbocycles. The molecule has 1 fully saturated rings. The maximum absolute atomic E-state index is 14.4. The van der Waals surface area contributed by atoms with E-state index in [1.807, 2.05) is 45.9 Å². The molecule has 0 saturated heterocycles. The maximum atomic E-state index is 14.4. The zero-order valence-corrected chi connectivity index (χ0v) is 25.3. The molecule has 1 aliphatic carbocycles. The van der Waals surface area contributed by atoms with Crippen molar-refractivity contribution in [2.45, 2.75) is 92.0 Å². The molecule has 4 atom stereocenters. The fourth-order valence-corrected chi connectivity index (χ4v) is 4.85. The van der Waals surface area contributed by atoms with Gasteiger partial charge in [-0.15, -0.1) is 0 Å². The van der Waals surface area contributed by atoms with Crippen molar-refractivity contribution in [3.05, 3.63) is 59.2 Å². The van der Waals surface area contributed by atoms with Gasteiger partial charge in [-0.1, -0.05) is 44.5 Å². The van der Waals surface area contributed by atoms with E-state index < -0.39 is 23.8 Å². The van der Waals surface area contributed by atoms with Gasteiger partial charge in [0.1, 0.15) is 23.4 Å². The molecule has 0 spiro atoms. The van der Waals surface area contributed by atoms with Crippen LogP contribution in [0.5, 0.6) is 5.75 Å². The van der Waals surface area contributed by atoms with Crippen LogP contribution in [0.2, 0.25) is 0 Å². The number of nitrogens with zero attached hydrogens (tertiary/aromatic N) is 1. The molecule has 4 unspecified atom stereocenters. The van der Waals surface area contributed by atoms with Crippen molar-refractivity contribution >= 4 is 23.6 Å². The fourth-order valence-electron chi connectivity index (χ4n) is 4.85. The average molecular weight is 552 g/mol. The second kappa shape index (κ2) is 12.7. The van der Waals surface area contributed by atoms with Crippen LogP contribution in [0.4, 0.5) is 10.5 Å². The number of alkyl carbamates (subject to hydrolysis) is 1. The molecule has 0 aromatic heterocycles. The lowest BCUT2D eigenvalue weighted by Gasteiger charge is -2.36. The maximum Gasteiger partial charge on any atom is 0.408 e. The van der Waals surface area contributed by atoms with Gasteiger partial charge in [0, 0.05) is 11.7 Å². The number of benzene rings is 2. The Bertz CT molecular complexity index is 1200. The van der Waals surface area contributed by atoms with Crippen molar-refractivity contribution in [2.75, 3.05) is 12.4 Å². The molecule has 3 amide bonds. The largest absolute Gasteiger partial charge is 0.497 e. The zero-order valence-electron chi connectivity index (χ0n) is 25.3. The number of amides is 3. The predicted molar refractivity (Wildman–Crippen MR) is 157 cm³/mol. The van der Waals surface area contributed by atoms with Gasteiger partial charge in [-0.3, -0.25) is 9.59 Å². The molecule has 218 valence electrons. The number of hydrogen-bond donors (Lipinski definition) is 2. The van der Waals surface area contributed by atoms with Gasteiger partial charge in [-0.25, -0.2) is 4.79 Å². The minimum atomic E-state index is -0.889. The number of rotatable bonds is 10. The van der Waals surface area contributed by atoms with E-state index in [-0.39, 0.29) is 29.7 Å². The first-order valence-corrected chi connectivity index (χ1v) is 14.0. The Kier molecular flexibility index (Phi) is 9.87. The highest BCUT2D eigenvalue weighted by molar-refractivity contribution is 5.99. The summed E-state index contributed by atoms with van der Waals surface area (Å²) in [6.45, 7) is 15.3. The standard InChI is InChI=1S/C32H45N3O5/c1-19(2)16-26(34-31(38)40-32(6,7)8)30(37)35(27-18-22(27)5)28(25-17-20(3)10-11-21(25)4)29(36)33-23-12-14-24(39-9)15-13-23/h10-15,17,19,22,26-28H,16,18H2,1-9H3,(H,33,36)(H,34,38). The molecule has 2 aromatic rings. The lowest BCUT2D eigenvalue weighted by Crippen LogP contribution is -2.53. The van der Waals surface area contributed by atoms with Crippen LogP contribution in [0.1, 0.15) is 77.1 Å². The number of carbonyl (C=O) groups is 3. The van der Waals surface area contributed by atoms with Crippen molar-refractivity contribution in [1.29, 1.82) is 0 Å². The Labute approximate surface area is 238 Å². The monoisotopic (exact) mass is 551 g/mol. The normalized spacial score (nSPS) is 17.9. The van der Waals surface area contributed by atoms with E-state index in [2.05, 4.69) is 17.6 Å². The van der Waals surface area contributed by atoms with E-state index in [0.717, 1.165) is 23.1 Å². The van der Waals surface area contributed by atoms with Crippen LogP contribution in [0.3, 0.4) is 0 Å². The minimum Gasteiger partial charge on any atom is -0.497 e. The molecular formula is C32H45N3O5. The smallest absolute Gasteiger partial charge is 0.408 e. The lowest BCUT2D eigenvalue weighted by molar-refractivity contribution is -0.142. The second-order valence-electron chi connectivity index (χ2n) is 12.3. The average Bonchev–Trinajstić information content (AvgIpc) is 3.57. The minimum absolute atomic E-state index is 0.120. The van der Waals surface area contributed by atoms with Crippen LogP contribution in [0.25, 0.3) is 0 Å². The molecule has 0 aliphatic heterocycles. The number of aryl methyl sites for hydroxylation is 2. The first-order chi connectivity index (χ1) is 18.7. The lowest BCUT2D eigenvalue weighted by atomic mass is 9.94. The van der Waals surface area contributed by atoms with Gasteiger partial charge >= 0.3 is 6.09 Å². The molecule has 3 rings (SSSR count). The Hall–Kier alpha value is -3.55.